The van der Waals surface area contributed by atoms with E-state index in [-0.39, 0.29) is 0 Å². The largest absolute Gasteiger partial charge is 0.359 e. The molecule has 0 bridgehead atoms. The van der Waals surface area contributed by atoms with Crippen LogP contribution >= 0.6 is 0 Å². The van der Waals surface area contributed by atoms with Gasteiger partial charge in [0.05, 0.1) is 0 Å². The Morgan fingerprint density at radius 3 is 2.20 bits per heavy atom. The predicted octanol–water partition coefficient (Wildman–Crippen LogP) is 4.42. The van der Waals surface area contributed by atoms with Gasteiger partial charge < -0.3 is 4.98 Å². The Morgan fingerprint density at radius 2 is 1.73 bits per heavy atom. The molecule has 0 saturated heterocycles. The molecule has 1 aromatic rings. The van der Waals surface area contributed by atoms with E-state index >= 15 is 0 Å². The highest BCUT2D eigenvalue weighted by atomic mass is 14.7. The van der Waals surface area contributed by atoms with Crippen LogP contribution in [0.25, 0.3) is 6.08 Å². The third-order valence-corrected chi connectivity index (χ3v) is 3.37. The van der Waals surface area contributed by atoms with Gasteiger partial charge in [0.1, 0.15) is 0 Å². The number of aromatic amines is 1. The second-order valence-corrected chi connectivity index (χ2v) is 4.74. The smallest absolute Gasteiger partial charge is 0.0417 e. The van der Waals surface area contributed by atoms with Crippen LogP contribution in [0.5, 0.6) is 0 Å². The number of aryl methyl sites for hydroxylation is 1. The van der Waals surface area contributed by atoms with E-state index in [0.29, 0.717) is 11.8 Å². The van der Waals surface area contributed by atoms with Crippen LogP contribution in [0.4, 0.5) is 0 Å². The fourth-order valence-corrected chi connectivity index (χ4v) is 1.99. The molecule has 0 aliphatic heterocycles. The van der Waals surface area contributed by atoms with Gasteiger partial charge in [-0.15, -0.1) is 0 Å². The molecule has 0 amide bonds. The average molecular weight is 205 g/mol. The quantitative estimate of drug-likeness (QED) is 0.751. The fourth-order valence-electron chi connectivity index (χ4n) is 1.99. The number of H-pyrrole nitrogens is 1. The second kappa shape index (κ2) is 4.69. The number of aromatic nitrogens is 1. The molecule has 1 heterocycles. The van der Waals surface area contributed by atoms with Gasteiger partial charge in [0.25, 0.3) is 0 Å². The molecule has 0 aliphatic rings. The Hall–Kier alpha value is -0.980. The van der Waals surface area contributed by atoms with Crippen LogP contribution < -0.4 is 0 Å². The molecule has 1 atom stereocenters. The molecule has 0 radical (unpaired) electrons. The molecule has 0 saturated carbocycles. The third-order valence-electron chi connectivity index (χ3n) is 3.37. The van der Waals surface area contributed by atoms with Crippen LogP contribution in [0.2, 0.25) is 0 Å². The minimum absolute atomic E-state index is 0.612. The van der Waals surface area contributed by atoms with Crippen molar-refractivity contribution in [3.8, 4) is 0 Å². The highest BCUT2D eigenvalue weighted by Gasteiger charge is 2.18. The van der Waals surface area contributed by atoms with Crippen LogP contribution in [-0.4, -0.2) is 4.98 Å². The van der Waals surface area contributed by atoms with Gasteiger partial charge in [0, 0.05) is 11.4 Å². The molecule has 0 fully saturated rings. The molecule has 1 rings (SSSR count). The molecule has 15 heavy (non-hydrogen) atoms. The molecular formula is C14H23N. The zero-order valence-corrected chi connectivity index (χ0v) is 10.8. The lowest BCUT2D eigenvalue weighted by Crippen LogP contribution is -2.04. The summed E-state index contributed by atoms with van der Waals surface area (Å²) < 4.78 is 0. The van der Waals surface area contributed by atoms with Crippen LogP contribution in [0.15, 0.2) is 6.08 Å². The lowest BCUT2D eigenvalue weighted by molar-refractivity contribution is 0.533. The minimum Gasteiger partial charge on any atom is -0.359 e. The number of hydrogen-bond donors (Lipinski definition) is 1. The highest BCUT2D eigenvalue weighted by molar-refractivity contribution is 5.55. The van der Waals surface area contributed by atoms with E-state index in [1.807, 2.05) is 0 Å². The summed E-state index contributed by atoms with van der Waals surface area (Å²) in [6.45, 7) is 13.3. The van der Waals surface area contributed by atoms with Crippen LogP contribution in [0.1, 0.15) is 56.1 Å². The topological polar surface area (TPSA) is 15.8 Å². The van der Waals surface area contributed by atoms with Gasteiger partial charge in [-0.3, -0.25) is 0 Å². The summed E-state index contributed by atoms with van der Waals surface area (Å²) in [5.74, 6) is 1.30. The van der Waals surface area contributed by atoms with Crippen molar-refractivity contribution in [3.63, 3.8) is 0 Å². The number of rotatable bonds is 3. The molecule has 1 heteroatoms. The zero-order chi connectivity index (χ0) is 11.6. The maximum atomic E-state index is 3.46. The van der Waals surface area contributed by atoms with E-state index in [1.54, 1.807) is 0 Å². The summed E-state index contributed by atoms with van der Waals surface area (Å²) in [7, 11) is 0. The molecule has 0 aliphatic carbocycles. The minimum atomic E-state index is 0.612. The molecule has 0 aromatic carbocycles. The summed E-state index contributed by atoms with van der Waals surface area (Å²) in [6.07, 6.45) is 4.27. The van der Waals surface area contributed by atoms with Crippen LogP contribution in [0, 0.1) is 19.8 Å². The summed E-state index contributed by atoms with van der Waals surface area (Å²) in [5, 5.41) is 0. The lowest BCUT2D eigenvalue weighted by Gasteiger charge is -2.17. The van der Waals surface area contributed by atoms with Gasteiger partial charge in [-0.2, -0.15) is 0 Å². The molecule has 1 aromatic heterocycles. The van der Waals surface area contributed by atoms with Gasteiger partial charge in [0.15, 0.2) is 0 Å². The zero-order valence-electron chi connectivity index (χ0n) is 10.8. The first kappa shape index (κ1) is 12.1. The van der Waals surface area contributed by atoms with E-state index in [0.717, 1.165) is 0 Å². The van der Waals surface area contributed by atoms with E-state index in [1.165, 1.54) is 22.5 Å². The van der Waals surface area contributed by atoms with Crippen molar-refractivity contribution in [3.05, 3.63) is 28.6 Å². The SMILES string of the molecule is C/C=C\c1[nH]c(C)c(C)c1C(C)C(C)C. The Balaban J connectivity index is 3.24. The maximum absolute atomic E-state index is 3.46. The molecule has 1 nitrogen and oxygen atoms in total. The van der Waals surface area contributed by atoms with Gasteiger partial charge in [0.2, 0.25) is 0 Å². The van der Waals surface area contributed by atoms with E-state index in [4.69, 9.17) is 0 Å². The van der Waals surface area contributed by atoms with Crippen molar-refractivity contribution >= 4 is 6.08 Å². The van der Waals surface area contributed by atoms with E-state index < -0.39 is 0 Å². The predicted molar refractivity (Wildman–Crippen MR) is 68.2 cm³/mol. The number of allylic oxidation sites excluding steroid dienone is 1. The summed E-state index contributed by atoms with van der Waals surface area (Å²) >= 11 is 0. The van der Waals surface area contributed by atoms with Crippen molar-refractivity contribution < 1.29 is 0 Å². The standard InChI is InChI=1S/C14H23N/c1-7-8-13-14(10(4)9(2)3)11(5)12(6)15-13/h7-10,15H,1-6H3/b8-7-. The van der Waals surface area contributed by atoms with E-state index in [9.17, 15) is 0 Å². The number of hydrogen-bond acceptors (Lipinski definition) is 0. The fraction of sp³-hybridized carbons (Fsp3) is 0.571. The normalized spacial score (nSPS) is 14.1. The van der Waals surface area contributed by atoms with Crippen molar-refractivity contribution in [2.45, 2.75) is 47.5 Å². The second-order valence-electron chi connectivity index (χ2n) is 4.74. The summed E-state index contributed by atoms with van der Waals surface area (Å²) in [6, 6.07) is 0. The Bertz CT molecular complexity index is 356. The Kier molecular flexibility index (Phi) is 3.78. The Labute approximate surface area is 93.6 Å². The first-order chi connectivity index (χ1) is 6.99. The van der Waals surface area contributed by atoms with Crippen LogP contribution in [-0.2, 0) is 0 Å². The first-order valence-electron chi connectivity index (χ1n) is 5.80. The summed E-state index contributed by atoms with van der Waals surface area (Å²) in [4.78, 5) is 3.46. The average Bonchev–Trinajstić information content (AvgIpc) is 2.42. The van der Waals surface area contributed by atoms with Gasteiger partial charge in [-0.25, -0.2) is 0 Å². The molecule has 84 valence electrons. The maximum Gasteiger partial charge on any atom is 0.0417 e. The van der Waals surface area contributed by atoms with Gasteiger partial charge in [-0.1, -0.05) is 26.8 Å². The molecule has 0 spiro atoms. The van der Waals surface area contributed by atoms with Crippen molar-refractivity contribution in [1.82, 2.24) is 4.98 Å². The monoisotopic (exact) mass is 205 g/mol. The van der Waals surface area contributed by atoms with Crippen molar-refractivity contribution in [1.29, 1.82) is 0 Å². The van der Waals surface area contributed by atoms with Gasteiger partial charge >= 0.3 is 0 Å². The van der Waals surface area contributed by atoms with Crippen LogP contribution in [0.3, 0.4) is 0 Å². The molecule has 1 unspecified atom stereocenters. The molecular weight excluding hydrogens is 182 g/mol. The summed E-state index contributed by atoms with van der Waals surface area (Å²) in [5.41, 5.74) is 5.49. The first-order valence-corrected chi connectivity index (χ1v) is 5.80. The molecule has 1 N–H and O–H groups in total. The highest BCUT2D eigenvalue weighted by Crippen LogP contribution is 2.31. The third kappa shape index (κ3) is 2.34. The van der Waals surface area contributed by atoms with Gasteiger partial charge in [-0.05, 0) is 49.8 Å². The number of nitrogens with one attached hydrogen (secondary N) is 1. The van der Waals surface area contributed by atoms with Crippen molar-refractivity contribution in [2.75, 3.05) is 0 Å². The Morgan fingerprint density at radius 1 is 1.13 bits per heavy atom. The van der Waals surface area contributed by atoms with Crippen molar-refractivity contribution in [2.24, 2.45) is 5.92 Å². The lowest BCUT2D eigenvalue weighted by atomic mass is 9.87. The van der Waals surface area contributed by atoms with E-state index in [2.05, 4.69) is 58.7 Å².